The van der Waals surface area contributed by atoms with Crippen molar-refractivity contribution in [2.75, 3.05) is 20.7 Å². The number of likely N-dealkylation sites (N-methyl/N-ethyl adjacent to an activating group) is 1. The maximum Gasteiger partial charge on any atom is 0.0715 e. The number of hydrogen-bond acceptors (Lipinski definition) is 3. The quantitative estimate of drug-likeness (QED) is 0.575. The fraction of sp³-hybridized carbons (Fsp3) is 1.00. The van der Waals surface area contributed by atoms with E-state index in [2.05, 4.69) is 0 Å². The van der Waals surface area contributed by atoms with E-state index < -0.39 is 11.6 Å². The Bertz CT molecular complexity index is 93.8. The highest BCUT2D eigenvalue weighted by molar-refractivity contribution is 4.86. The van der Waals surface area contributed by atoms with Crippen LogP contribution in [0.1, 0.15) is 13.8 Å². The van der Waals surface area contributed by atoms with Crippen LogP contribution >= 0.6 is 0 Å². The molecule has 3 heteroatoms. The topological polar surface area (TPSA) is 43.7 Å². The lowest BCUT2D eigenvalue weighted by molar-refractivity contribution is -0.0207. The zero-order valence-electron chi connectivity index (χ0n) is 7.13. The second-order valence-electron chi connectivity index (χ2n) is 3.09. The maximum absolute atomic E-state index is 9.24. The fourth-order valence-corrected chi connectivity index (χ4v) is 0.647. The second kappa shape index (κ2) is 3.32. The van der Waals surface area contributed by atoms with Crippen molar-refractivity contribution in [2.24, 2.45) is 0 Å². The Kier molecular flexibility index (Phi) is 3.28. The first-order valence-electron chi connectivity index (χ1n) is 3.41. The molecular weight excluding hydrogens is 130 g/mol. The Morgan fingerprint density at radius 2 is 1.90 bits per heavy atom. The van der Waals surface area contributed by atoms with Gasteiger partial charge in [0.15, 0.2) is 0 Å². The average molecular weight is 147 g/mol. The molecule has 0 rings (SSSR count). The molecule has 0 aromatic heterocycles. The van der Waals surface area contributed by atoms with Crippen molar-refractivity contribution >= 4 is 0 Å². The van der Waals surface area contributed by atoms with E-state index >= 15 is 0 Å². The summed E-state index contributed by atoms with van der Waals surface area (Å²) in [4.78, 5) is 1.82. The molecule has 3 nitrogen and oxygen atoms in total. The minimum Gasteiger partial charge on any atom is -0.394 e. The van der Waals surface area contributed by atoms with Gasteiger partial charge in [-0.3, -0.25) is 4.90 Å². The summed E-state index contributed by atoms with van der Waals surface area (Å²) in [7, 11) is 3.67. The van der Waals surface area contributed by atoms with Crippen LogP contribution in [0.2, 0.25) is 0 Å². The third-order valence-corrected chi connectivity index (χ3v) is 2.24. The molecule has 0 radical (unpaired) electrons. The predicted molar refractivity (Wildman–Crippen MR) is 40.9 cm³/mol. The van der Waals surface area contributed by atoms with Crippen molar-refractivity contribution in [3.05, 3.63) is 0 Å². The molecule has 0 fully saturated rings. The Hall–Kier alpha value is -0.120. The summed E-state index contributed by atoms with van der Waals surface area (Å²) in [6.07, 6.45) is -0.521. The zero-order chi connectivity index (χ0) is 8.36. The van der Waals surface area contributed by atoms with Gasteiger partial charge in [0.2, 0.25) is 0 Å². The van der Waals surface area contributed by atoms with E-state index in [0.717, 1.165) is 0 Å². The molecule has 0 heterocycles. The van der Waals surface area contributed by atoms with E-state index in [1.165, 1.54) is 0 Å². The number of rotatable bonds is 3. The third-order valence-electron chi connectivity index (χ3n) is 2.24. The molecule has 0 aliphatic rings. The highest BCUT2D eigenvalue weighted by atomic mass is 16.3. The Labute approximate surface area is 62.3 Å². The van der Waals surface area contributed by atoms with E-state index in [1.807, 2.05) is 25.9 Å². The molecule has 2 atom stereocenters. The lowest BCUT2D eigenvalue weighted by atomic mass is 9.96. The van der Waals surface area contributed by atoms with Gasteiger partial charge in [0, 0.05) is 0 Å². The summed E-state index contributed by atoms with van der Waals surface area (Å²) >= 11 is 0. The molecule has 0 aromatic rings. The number of aliphatic hydroxyl groups is 2. The molecule has 0 amide bonds. The largest absolute Gasteiger partial charge is 0.394 e. The van der Waals surface area contributed by atoms with E-state index in [9.17, 15) is 5.11 Å². The summed E-state index contributed by atoms with van der Waals surface area (Å²) in [6.45, 7) is 3.46. The van der Waals surface area contributed by atoms with E-state index in [4.69, 9.17) is 5.11 Å². The van der Waals surface area contributed by atoms with Crippen LogP contribution in [0, 0.1) is 0 Å². The van der Waals surface area contributed by atoms with Crippen molar-refractivity contribution in [1.82, 2.24) is 4.90 Å². The van der Waals surface area contributed by atoms with Crippen LogP contribution in [0.4, 0.5) is 0 Å². The van der Waals surface area contributed by atoms with Crippen LogP contribution in [-0.4, -0.2) is 47.5 Å². The van der Waals surface area contributed by atoms with Gasteiger partial charge in [-0.05, 0) is 27.9 Å². The molecule has 0 aliphatic carbocycles. The van der Waals surface area contributed by atoms with Crippen molar-refractivity contribution in [2.45, 2.75) is 25.5 Å². The summed E-state index contributed by atoms with van der Waals surface area (Å²) in [6, 6.07) is 0. The van der Waals surface area contributed by atoms with Gasteiger partial charge in [0.05, 0.1) is 18.2 Å². The minimum atomic E-state index is -0.521. The molecule has 0 spiro atoms. The van der Waals surface area contributed by atoms with Gasteiger partial charge in [-0.15, -0.1) is 0 Å². The molecule has 10 heavy (non-hydrogen) atoms. The van der Waals surface area contributed by atoms with Gasteiger partial charge in [-0.25, -0.2) is 0 Å². The van der Waals surface area contributed by atoms with Crippen LogP contribution in [0.15, 0.2) is 0 Å². The van der Waals surface area contributed by atoms with Crippen molar-refractivity contribution in [3.8, 4) is 0 Å². The van der Waals surface area contributed by atoms with Crippen molar-refractivity contribution in [1.29, 1.82) is 0 Å². The average Bonchev–Trinajstić information content (AvgIpc) is 1.85. The Morgan fingerprint density at radius 1 is 1.50 bits per heavy atom. The Balaban J connectivity index is 4.23. The SMILES string of the molecule is CC(O)C(C)(CO)N(C)C. The standard InChI is InChI=1S/C7H17NO2/c1-6(10)7(2,5-9)8(3)4/h6,9-10H,5H2,1-4H3. The number of nitrogens with zero attached hydrogens (tertiary/aromatic N) is 1. The van der Waals surface area contributed by atoms with E-state index in [1.54, 1.807) is 6.92 Å². The van der Waals surface area contributed by atoms with Crippen LogP contribution in [0.3, 0.4) is 0 Å². The minimum absolute atomic E-state index is 0.0301. The lowest BCUT2D eigenvalue weighted by Gasteiger charge is -2.37. The summed E-state index contributed by atoms with van der Waals surface area (Å²) in [5.41, 5.74) is -0.514. The zero-order valence-corrected chi connectivity index (χ0v) is 7.13. The molecule has 0 aliphatic heterocycles. The number of aliphatic hydroxyl groups excluding tert-OH is 2. The van der Waals surface area contributed by atoms with Gasteiger partial charge in [-0.1, -0.05) is 0 Å². The summed E-state index contributed by atoms with van der Waals surface area (Å²) < 4.78 is 0. The van der Waals surface area contributed by atoms with Crippen LogP contribution in [0.25, 0.3) is 0 Å². The van der Waals surface area contributed by atoms with E-state index in [0.29, 0.717) is 0 Å². The van der Waals surface area contributed by atoms with Gasteiger partial charge in [0.1, 0.15) is 0 Å². The molecule has 62 valence electrons. The highest BCUT2D eigenvalue weighted by Crippen LogP contribution is 2.14. The molecule has 2 N–H and O–H groups in total. The molecule has 2 unspecified atom stereocenters. The van der Waals surface area contributed by atoms with Crippen molar-refractivity contribution in [3.63, 3.8) is 0 Å². The highest BCUT2D eigenvalue weighted by Gasteiger charge is 2.31. The molecular formula is C7H17NO2. The van der Waals surface area contributed by atoms with Crippen LogP contribution < -0.4 is 0 Å². The summed E-state index contributed by atoms with van der Waals surface area (Å²) in [5, 5.41) is 18.2. The smallest absolute Gasteiger partial charge is 0.0715 e. The first-order chi connectivity index (χ1) is 4.45. The molecule has 0 saturated heterocycles. The monoisotopic (exact) mass is 147 g/mol. The normalized spacial score (nSPS) is 20.7. The number of hydrogen-bond donors (Lipinski definition) is 2. The molecule has 0 bridgehead atoms. The van der Waals surface area contributed by atoms with Crippen LogP contribution in [-0.2, 0) is 0 Å². The fourth-order valence-electron chi connectivity index (χ4n) is 0.647. The van der Waals surface area contributed by atoms with Crippen molar-refractivity contribution < 1.29 is 10.2 Å². The lowest BCUT2D eigenvalue weighted by Crippen LogP contribution is -2.52. The summed E-state index contributed by atoms with van der Waals surface area (Å²) in [5.74, 6) is 0. The third kappa shape index (κ3) is 1.68. The van der Waals surface area contributed by atoms with Crippen LogP contribution in [0.5, 0.6) is 0 Å². The first-order valence-corrected chi connectivity index (χ1v) is 3.41. The van der Waals surface area contributed by atoms with Gasteiger partial charge >= 0.3 is 0 Å². The molecule has 0 saturated carbocycles. The van der Waals surface area contributed by atoms with Gasteiger partial charge in [-0.2, -0.15) is 0 Å². The predicted octanol–water partition coefficient (Wildman–Crippen LogP) is -0.320. The van der Waals surface area contributed by atoms with Gasteiger partial charge in [0.25, 0.3) is 0 Å². The first kappa shape index (κ1) is 9.88. The Morgan fingerprint density at radius 3 is 1.90 bits per heavy atom. The second-order valence-corrected chi connectivity index (χ2v) is 3.09. The maximum atomic E-state index is 9.24. The van der Waals surface area contributed by atoms with Gasteiger partial charge < -0.3 is 10.2 Å². The van der Waals surface area contributed by atoms with E-state index in [-0.39, 0.29) is 6.61 Å². The molecule has 0 aromatic carbocycles.